The molecule has 0 saturated carbocycles. The van der Waals surface area contributed by atoms with Crippen LogP contribution >= 0.6 is 59.3 Å². The molecule has 0 aromatic heterocycles. The van der Waals surface area contributed by atoms with E-state index >= 15 is 0 Å². The smallest absolute Gasteiger partial charge is 0.256 e. The molecule has 22 nitrogen and oxygen atoms in total. The molecule has 16 radical (unpaired) electrons. The molecule has 14 rings (SSSR count). The zero-order valence-electron chi connectivity index (χ0n) is 73.1. The number of halogens is 1. The third kappa shape index (κ3) is 27.7. The van der Waals surface area contributed by atoms with E-state index in [0.717, 1.165) is 76.6 Å². The molecule has 6 aromatic rings. The van der Waals surface area contributed by atoms with Crippen LogP contribution in [-0.4, -0.2) is 164 Å². The number of hydrogen-bond acceptors (Lipinski definition) is 24. The van der Waals surface area contributed by atoms with Crippen LogP contribution in [0.4, 0.5) is 27.1 Å². The van der Waals surface area contributed by atoms with Gasteiger partial charge in [-0.1, -0.05) is 179 Å². The van der Waals surface area contributed by atoms with Crippen LogP contribution in [-0.2, 0) is 160 Å². The minimum Gasteiger partial charge on any atom is -0.833 e. The third-order valence-electron chi connectivity index (χ3n) is 19.2. The number of nitriles is 4. The van der Waals surface area contributed by atoms with Crippen LogP contribution in [0.25, 0.3) is 0 Å². The van der Waals surface area contributed by atoms with Crippen LogP contribution in [0.3, 0.4) is 0 Å². The second-order valence-electron chi connectivity index (χ2n) is 25.8. The maximum absolute atomic E-state index is 14.8. The van der Waals surface area contributed by atoms with E-state index in [9.17, 15) is 71.7 Å². The summed E-state index contributed by atoms with van der Waals surface area (Å²) in [6, 6.07) is 52.1. The van der Waals surface area contributed by atoms with E-state index in [4.69, 9.17) is 12.2 Å². The normalized spacial score (nSPS) is 18.9. The van der Waals surface area contributed by atoms with Gasteiger partial charge in [0, 0.05) is 260 Å². The fraction of sp³-hybridized carbons (Fsp3) is 0.202. The van der Waals surface area contributed by atoms with Crippen LogP contribution in [0.2, 0.25) is 0 Å². The molecule has 2 atom stereocenters. The molecule has 2 amide bonds. The van der Waals surface area contributed by atoms with Crippen molar-refractivity contribution in [2.24, 2.45) is 0 Å². The maximum Gasteiger partial charge on any atom is 0.256 e. The Kier molecular flexibility index (Phi) is 60.4. The van der Waals surface area contributed by atoms with Gasteiger partial charge in [0.2, 0.25) is 31.2 Å². The fourth-order valence-corrected chi connectivity index (χ4v) is 21.7. The Bertz CT molecular complexity index is 6020. The number of carbonyl (C=O) groups excluding carboxylic acids is 4. The van der Waals surface area contributed by atoms with Crippen molar-refractivity contribution in [2.75, 3.05) is 73.0 Å². The summed E-state index contributed by atoms with van der Waals surface area (Å²) >= 11 is 11.2. The Balaban J connectivity index is -0.000000523. The van der Waals surface area contributed by atoms with Crippen molar-refractivity contribution in [3.8, 4) is 24.3 Å². The number of amides is 2. The molecule has 6 aromatic carbocycles. The number of sulfone groups is 2. The molecule has 0 spiro atoms. The topological polar surface area (TPSA) is 304 Å². The minimum absolute atomic E-state index is 0. The van der Waals surface area contributed by atoms with E-state index in [-0.39, 0.29) is 276 Å². The van der Waals surface area contributed by atoms with Crippen molar-refractivity contribution in [1.29, 1.82) is 21.0 Å². The number of likely N-dealkylation sites (N-methyl/N-ethyl adjacent to an activating group) is 4. The first kappa shape index (κ1) is 133. The Labute approximate surface area is 912 Å². The van der Waals surface area contributed by atoms with Gasteiger partial charge >= 0.3 is 0 Å². The monoisotopic (exact) mass is 2200 g/mol. The van der Waals surface area contributed by atoms with Gasteiger partial charge in [-0.2, -0.15) is 21.0 Å². The quantitative estimate of drug-likeness (QED) is 0.0321. The van der Waals surface area contributed by atoms with Gasteiger partial charge in [-0.25, -0.2) is 21.2 Å². The number of thioether (sulfide) groups is 4. The molecule has 2 unspecified atom stereocenters. The average molecular weight is 2200 g/mol. The Morgan fingerprint density at radius 2 is 0.742 bits per heavy atom. The number of allylic oxidation sites excluding steroid dienone is 18. The van der Waals surface area contributed by atoms with Gasteiger partial charge in [0.05, 0.1) is 74.9 Å². The summed E-state index contributed by atoms with van der Waals surface area (Å²) in [5.41, 5.74) is 5.99. The summed E-state index contributed by atoms with van der Waals surface area (Å²) in [5.74, 6) is -2.64. The first-order valence-corrected chi connectivity index (χ1v) is 43.3. The van der Waals surface area contributed by atoms with Crippen LogP contribution in [0, 0.1) is 75.0 Å². The number of Topliss-reactive ketones (excluding diaryl/α,β-unsaturated/α-hetero) is 2. The number of ketones is 2. The summed E-state index contributed by atoms with van der Waals surface area (Å²) in [4.78, 5) is 67.1. The SMILES string of the molecule is C.C.C.C=C1N(C)C(=O)\C(=C/C=C/C(C#N)=C2\Sc3ccccc3N2CC)C([O-])N1C.CCN1/C(=C(C#N)/C=C(F)/C=C2/C(=O)c3ccccc3S2(=O)=O)Sc2ccccc21.CCN1/C(=C(C#N)/C=C/C=C2/C(=O)c3ccccc3S2(=O)=O)Sc2ccccc21.CCN1C(=O)\C(=C/C=C/C(C#N)=C2\Sc3ccccc3N2CC)C([O-])N(CC)C1=S.[B].[B].[B].[B].[CH3-].[CH3-].[CH3-].[CH3-].[Y].[Y].[Y].[Y]. The molecular weight excluding hydrogens is 2100 g/mol. The summed E-state index contributed by atoms with van der Waals surface area (Å²) in [6.07, 6.45) is 12.8. The van der Waals surface area contributed by atoms with Gasteiger partial charge in [0.1, 0.15) is 45.7 Å². The van der Waals surface area contributed by atoms with Crippen LogP contribution in [0.5, 0.6) is 0 Å². The predicted molar refractivity (Wildman–Crippen MR) is 525 cm³/mol. The van der Waals surface area contributed by atoms with E-state index in [1.807, 2.05) is 154 Å². The Morgan fingerprint density at radius 1 is 0.447 bits per heavy atom. The molecule has 8 aliphatic rings. The van der Waals surface area contributed by atoms with Crippen molar-refractivity contribution in [3.05, 3.63) is 335 Å². The van der Waals surface area contributed by atoms with Crippen molar-refractivity contribution in [1.82, 2.24) is 19.6 Å². The molecule has 674 valence electrons. The first-order valence-electron chi connectivity index (χ1n) is 36.7. The van der Waals surface area contributed by atoms with E-state index < -0.39 is 54.4 Å². The number of para-hydroxylation sites is 4. The second kappa shape index (κ2) is 59.8. The number of rotatable bonds is 14. The van der Waals surface area contributed by atoms with Crippen LogP contribution in [0.15, 0.2) is 323 Å². The number of hydrogen-bond donors (Lipinski definition) is 0. The molecule has 0 aliphatic carbocycles. The summed E-state index contributed by atoms with van der Waals surface area (Å²) < 4.78 is 65.3. The van der Waals surface area contributed by atoms with Crippen molar-refractivity contribution < 1.29 is 181 Å². The molecule has 8 heterocycles. The van der Waals surface area contributed by atoms with Gasteiger partial charge in [0.15, 0.2) is 5.11 Å². The maximum atomic E-state index is 14.8. The molecule has 38 heteroatoms. The molecule has 132 heavy (non-hydrogen) atoms. The number of fused-ring (bicyclic) bond motifs is 6. The first-order chi connectivity index (χ1) is 56.2. The predicted octanol–water partition coefficient (Wildman–Crippen LogP) is 16.8. The van der Waals surface area contributed by atoms with E-state index in [0.29, 0.717) is 59.8 Å². The van der Waals surface area contributed by atoms with Gasteiger partial charge < -0.3 is 69.3 Å². The molecule has 2 saturated heterocycles. The Hall–Kier alpha value is -7.10. The fourth-order valence-electron chi connectivity index (χ4n) is 13.3. The number of benzene rings is 6. The van der Waals surface area contributed by atoms with Crippen molar-refractivity contribution in [3.63, 3.8) is 0 Å². The number of carbonyl (C=O) groups is 4. The van der Waals surface area contributed by atoms with Gasteiger partial charge in [-0.3, -0.25) is 29.0 Å². The van der Waals surface area contributed by atoms with Gasteiger partial charge in [-0.05, 0) is 175 Å². The average Bonchev–Trinajstić information content (AvgIpc) is 1.60. The summed E-state index contributed by atoms with van der Waals surface area (Å²) in [6.45, 7) is 19.0. The van der Waals surface area contributed by atoms with Crippen LogP contribution in [0.1, 0.15) is 84.5 Å². The molecule has 2 fully saturated rings. The van der Waals surface area contributed by atoms with E-state index in [1.165, 1.54) is 97.8 Å². The molecule has 0 bridgehead atoms. The second-order valence-corrected chi connectivity index (χ2v) is 34.1. The van der Waals surface area contributed by atoms with Crippen molar-refractivity contribution >= 4 is 164 Å². The number of nitrogens with zero attached hydrogens (tertiary/aromatic N) is 12. The molecule has 8 aliphatic heterocycles. The van der Waals surface area contributed by atoms with Gasteiger partial charge in [0.25, 0.3) is 11.8 Å². The van der Waals surface area contributed by atoms with E-state index in [2.05, 4.69) is 34.6 Å². The largest absolute Gasteiger partial charge is 0.833 e. The molecule has 0 N–H and O–H groups in total. The third-order valence-corrected chi connectivity index (χ3v) is 28.1. The standard InChI is InChI=1S/C22H15FN2O3S2.C22H23N4O2S2.C22H16N2O3S2.C21H21N4O2S.3CH4.4CH3.4B.4Y/c1-2-25-17-8-4-5-9-18(17)29-22(25)14(13-24)11-15(23)12-20-21(26)16-7-3-6-10-19(16)30(20,27)28;1-4-24-17-12-7-8-13-18(17)30-21(24)15(14-23)10-9-11-16-19(27)25(5-2)22(29)26(6-3)20(16)28;1-2-24-17-10-4-5-11-18(17)28-22(24)15(14-23)8-7-13-20-21(25)16-9-3-6-12-19(16)29(20,26)27;1-5-25-17-11-6-7-12-18(17)28-21(25)15(13-22)9-8-10-16-19(26)23(3)14(2)24(4)20(16)27;;;;;;;;;;;;;;;/h3-12H,2H2,1H3;7-13,19H,4-6H2,1-3H3;3-13H,2H2,1H3;6-12,19H,2,5H2,1,3-4H3;3*1H4;4*1H3;;;;;;;;/q;-1;;-1;;;;4*-1;;;;;;;;/b15-11-,20-12-,22-14+;10-9+,16-11-,21-15+;8-7+,20-13-,22-15+;9-8+,16-10-,21-15+;;;;;;;;;;;;;;;. The summed E-state index contributed by atoms with van der Waals surface area (Å²) in [7, 11) is -4.74. The zero-order chi connectivity index (χ0) is 84.3. The Morgan fingerprint density at radius 3 is 1.07 bits per heavy atom. The van der Waals surface area contributed by atoms with Crippen molar-refractivity contribution in [2.45, 2.75) is 106 Å². The zero-order valence-corrected chi connectivity index (χ0v) is 90.2. The van der Waals surface area contributed by atoms with Crippen LogP contribution < -0.4 is 29.8 Å². The van der Waals surface area contributed by atoms with E-state index in [1.54, 1.807) is 86.2 Å². The molecular formula is C94H99B4FN12O10S7Y4-6. The summed E-state index contributed by atoms with van der Waals surface area (Å²) in [5, 5.41) is 67.2. The number of thiocarbonyl (C=S) groups is 1. The minimum atomic E-state index is -4.10. The van der Waals surface area contributed by atoms with Gasteiger partial charge in [-0.15, -0.1) is 0 Å². The number of anilines is 4.